The van der Waals surface area contributed by atoms with Crippen LogP contribution in [-0.4, -0.2) is 51.0 Å². The minimum Gasteiger partial charge on any atom is -0.492 e. The maximum atomic E-state index is 12.5. The molecule has 6 nitrogen and oxygen atoms in total. The first-order valence-electron chi connectivity index (χ1n) is 8.44. The molecule has 1 heterocycles. The van der Waals surface area contributed by atoms with Gasteiger partial charge in [-0.05, 0) is 36.4 Å². The Morgan fingerprint density at radius 1 is 1.08 bits per heavy atom. The van der Waals surface area contributed by atoms with Crippen molar-refractivity contribution in [1.29, 1.82) is 0 Å². The average molecular weight is 398 g/mol. The molecule has 0 atom stereocenters. The minimum atomic E-state index is -3.48. The highest BCUT2D eigenvalue weighted by Crippen LogP contribution is 2.18. The normalized spacial score (nSPS) is 11.6. The summed E-state index contributed by atoms with van der Waals surface area (Å²) in [7, 11) is -1.60. The molecule has 0 aliphatic rings. The molecule has 0 aliphatic heterocycles. The number of ether oxygens (including phenoxy) is 1. The van der Waals surface area contributed by atoms with Gasteiger partial charge in [0.15, 0.2) is 0 Å². The molecule has 0 bridgehead atoms. The summed E-state index contributed by atoms with van der Waals surface area (Å²) >= 11 is 5.84. The number of aromatic nitrogens is 1. The Morgan fingerprint density at radius 3 is 2.27 bits per heavy atom. The van der Waals surface area contributed by atoms with Crippen LogP contribution >= 0.6 is 11.6 Å². The lowest BCUT2D eigenvalue weighted by Gasteiger charge is -2.20. The topological polar surface area (TPSA) is 62.7 Å². The Bertz CT molecular complexity index is 791. The highest BCUT2D eigenvalue weighted by molar-refractivity contribution is 7.89. The van der Waals surface area contributed by atoms with E-state index in [1.807, 2.05) is 37.9 Å². The van der Waals surface area contributed by atoms with Gasteiger partial charge >= 0.3 is 0 Å². The molecule has 2 rings (SSSR count). The van der Waals surface area contributed by atoms with E-state index in [4.69, 9.17) is 16.3 Å². The van der Waals surface area contributed by atoms with E-state index >= 15 is 0 Å². The molecule has 0 saturated heterocycles. The Hall–Kier alpha value is -1.83. The van der Waals surface area contributed by atoms with Gasteiger partial charge in [-0.25, -0.2) is 13.4 Å². The Kier molecular flexibility index (Phi) is 7.25. The van der Waals surface area contributed by atoms with Crippen molar-refractivity contribution in [3.63, 3.8) is 0 Å². The van der Waals surface area contributed by atoms with Gasteiger partial charge in [-0.3, -0.25) is 0 Å². The number of benzene rings is 1. The first-order valence-corrected chi connectivity index (χ1v) is 10.3. The third-order valence-corrected chi connectivity index (χ3v) is 6.25. The van der Waals surface area contributed by atoms with Crippen LogP contribution in [0.25, 0.3) is 0 Å². The summed E-state index contributed by atoms with van der Waals surface area (Å²) in [6, 6.07) is 10.5. The predicted octanol–water partition coefficient (Wildman–Crippen LogP) is 3.28. The van der Waals surface area contributed by atoms with Gasteiger partial charge in [-0.15, -0.1) is 0 Å². The van der Waals surface area contributed by atoms with Crippen molar-refractivity contribution in [2.75, 3.05) is 38.2 Å². The molecule has 0 fully saturated rings. The van der Waals surface area contributed by atoms with Crippen LogP contribution in [0, 0.1) is 0 Å². The van der Waals surface area contributed by atoms with Crippen LogP contribution in [0.5, 0.6) is 5.75 Å². The van der Waals surface area contributed by atoms with Gasteiger partial charge in [-0.2, -0.15) is 4.31 Å². The van der Waals surface area contributed by atoms with Crippen LogP contribution in [0.1, 0.15) is 13.8 Å². The van der Waals surface area contributed by atoms with Crippen LogP contribution in [0.4, 0.5) is 5.82 Å². The van der Waals surface area contributed by atoms with E-state index in [0.717, 1.165) is 5.75 Å². The number of halogens is 1. The lowest BCUT2D eigenvalue weighted by atomic mass is 10.3. The summed E-state index contributed by atoms with van der Waals surface area (Å²) in [5.74, 6) is 1.43. The molecule has 2 aromatic rings. The van der Waals surface area contributed by atoms with E-state index in [-0.39, 0.29) is 4.90 Å². The van der Waals surface area contributed by atoms with Gasteiger partial charge in [-0.1, -0.05) is 25.4 Å². The van der Waals surface area contributed by atoms with Gasteiger partial charge in [0, 0.05) is 31.4 Å². The molecule has 0 N–H and O–H groups in total. The van der Waals surface area contributed by atoms with Crippen molar-refractivity contribution < 1.29 is 13.2 Å². The number of rotatable bonds is 9. The second-order valence-electron chi connectivity index (χ2n) is 5.67. The standard InChI is InChI=1S/C18H24ClN3O3S/c1-4-22(5-2)26(23,24)17-10-11-18(20-14-17)21(3)12-13-25-16-8-6-15(19)7-9-16/h6-11,14H,4-5,12-13H2,1-3H3. The second-order valence-corrected chi connectivity index (χ2v) is 8.04. The molecule has 1 aromatic carbocycles. The van der Waals surface area contributed by atoms with Gasteiger partial charge in [0.1, 0.15) is 23.1 Å². The fourth-order valence-electron chi connectivity index (χ4n) is 2.41. The third kappa shape index (κ3) is 5.09. The first-order chi connectivity index (χ1) is 12.4. The zero-order valence-corrected chi connectivity index (χ0v) is 16.8. The lowest BCUT2D eigenvalue weighted by Crippen LogP contribution is -2.31. The molecule has 142 valence electrons. The smallest absolute Gasteiger partial charge is 0.244 e. The highest BCUT2D eigenvalue weighted by Gasteiger charge is 2.21. The number of sulfonamides is 1. The molecule has 1 aromatic heterocycles. The summed E-state index contributed by atoms with van der Waals surface area (Å²) in [5.41, 5.74) is 0. The molecule has 0 unspecified atom stereocenters. The third-order valence-electron chi connectivity index (χ3n) is 3.96. The maximum absolute atomic E-state index is 12.5. The van der Waals surface area contributed by atoms with Gasteiger partial charge in [0.2, 0.25) is 10.0 Å². The van der Waals surface area contributed by atoms with E-state index in [1.54, 1.807) is 24.3 Å². The van der Waals surface area contributed by atoms with E-state index in [9.17, 15) is 8.42 Å². The molecule has 8 heteroatoms. The van der Waals surface area contributed by atoms with Crippen molar-refractivity contribution in [1.82, 2.24) is 9.29 Å². The highest BCUT2D eigenvalue weighted by atomic mass is 35.5. The number of nitrogens with zero attached hydrogens (tertiary/aromatic N) is 3. The molecule has 0 amide bonds. The molecule has 0 radical (unpaired) electrons. The molecule has 0 spiro atoms. The van der Waals surface area contributed by atoms with Crippen molar-refractivity contribution in [2.45, 2.75) is 18.7 Å². The summed E-state index contributed by atoms with van der Waals surface area (Å²) in [4.78, 5) is 6.39. The average Bonchev–Trinajstić information content (AvgIpc) is 2.64. The number of anilines is 1. The number of hydrogen-bond donors (Lipinski definition) is 0. The number of pyridine rings is 1. The van der Waals surface area contributed by atoms with Gasteiger partial charge in [0.05, 0.1) is 6.54 Å². The van der Waals surface area contributed by atoms with Gasteiger partial charge in [0.25, 0.3) is 0 Å². The van der Waals surface area contributed by atoms with Crippen LogP contribution in [0.15, 0.2) is 47.5 Å². The molecular formula is C18H24ClN3O3S. The van der Waals surface area contributed by atoms with Crippen molar-refractivity contribution in [3.8, 4) is 5.75 Å². The number of hydrogen-bond acceptors (Lipinski definition) is 5. The summed E-state index contributed by atoms with van der Waals surface area (Å²) < 4.78 is 32.0. The van der Waals surface area contributed by atoms with Crippen molar-refractivity contribution in [2.24, 2.45) is 0 Å². The lowest BCUT2D eigenvalue weighted by molar-refractivity contribution is 0.325. The number of likely N-dealkylation sites (N-methyl/N-ethyl adjacent to an activating group) is 1. The zero-order valence-electron chi connectivity index (χ0n) is 15.2. The largest absolute Gasteiger partial charge is 0.492 e. The molecule has 26 heavy (non-hydrogen) atoms. The molecule has 0 aliphatic carbocycles. The van der Waals surface area contributed by atoms with E-state index < -0.39 is 10.0 Å². The Labute approximate surface area is 160 Å². The maximum Gasteiger partial charge on any atom is 0.244 e. The molecular weight excluding hydrogens is 374 g/mol. The first kappa shape index (κ1) is 20.5. The Morgan fingerprint density at radius 2 is 1.73 bits per heavy atom. The SMILES string of the molecule is CCN(CC)S(=O)(=O)c1ccc(N(C)CCOc2ccc(Cl)cc2)nc1. The molecule has 0 saturated carbocycles. The van der Waals surface area contributed by atoms with Crippen molar-refractivity contribution >= 4 is 27.4 Å². The monoisotopic (exact) mass is 397 g/mol. The Balaban J connectivity index is 1.95. The second kappa shape index (κ2) is 9.21. The van der Waals surface area contributed by atoms with Crippen LogP contribution < -0.4 is 9.64 Å². The fourth-order valence-corrected chi connectivity index (χ4v) is 3.94. The zero-order chi connectivity index (χ0) is 19.2. The minimum absolute atomic E-state index is 0.204. The van der Waals surface area contributed by atoms with Crippen LogP contribution in [0.3, 0.4) is 0 Å². The summed E-state index contributed by atoms with van der Waals surface area (Å²) in [6.45, 7) is 5.58. The van der Waals surface area contributed by atoms with E-state index in [2.05, 4.69) is 4.98 Å². The van der Waals surface area contributed by atoms with Crippen molar-refractivity contribution in [3.05, 3.63) is 47.6 Å². The van der Waals surface area contributed by atoms with Gasteiger partial charge < -0.3 is 9.64 Å². The quantitative estimate of drug-likeness (QED) is 0.649. The van der Waals surface area contributed by atoms with Crippen LogP contribution in [-0.2, 0) is 10.0 Å². The van der Waals surface area contributed by atoms with Crippen LogP contribution in [0.2, 0.25) is 5.02 Å². The summed E-state index contributed by atoms with van der Waals surface area (Å²) in [5, 5.41) is 0.665. The fraction of sp³-hybridized carbons (Fsp3) is 0.389. The summed E-state index contributed by atoms with van der Waals surface area (Å²) in [6.07, 6.45) is 1.40. The van der Waals surface area contributed by atoms with E-state index in [0.29, 0.717) is 37.1 Å². The predicted molar refractivity (Wildman–Crippen MR) is 105 cm³/mol. The van der Waals surface area contributed by atoms with E-state index in [1.165, 1.54) is 10.5 Å².